The van der Waals surface area contributed by atoms with Gasteiger partial charge in [0.05, 0.1) is 11.3 Å². The number of nitrogens with one attached hydrogen (secondary N) is 1. The van der Waals surface area contributed by atoms with Crippen molar-refractivity contribution in [2.75, 3.05) is 6.54 Å². The standard InChI is InChI=1S/C19H16F3N3O2S/c1-12-11-16(26)17(18(27)23-9-8-13-5-4-10-28-13)24-25(12)15-7-3-2-6-14(15)19(20,21)22/h2-7,10-11H,8-9H2,1H3,(H,23,27). The number of carbonyl (C=O) groups excluding carboxylic acids is 1. The molecule has 9 heteroatoms. The first-order valence-corrected chi connectivity index (χ1v) is 9.23. The maximum absolute atomic E-state index is 13.3. The Morgan fingerprint density at radius 2 is 1.96 bits per heavy atom. The topological polar surface area (TPSA) is 64.0 Å². The highest BCUT2D eigenvalue weighted by atomic mass is 32.1. The third-order valence-electron chi connectivity index (χ3n) is 4.00. The molecule has 5 nitrogen and oxygen atoms in total. The maximum Gasteiger partial charge on any atom is 0.418 e. The van der Waals surface area contributed by atoms with Crippen LogP contribution in [0.25, 0.3) is 5.69 Å². The molecule has 1 N–H and O–H groups in total. The van der Waals surface area contributed by atoms with Crippen molar-refractivity contribution in [2.24, 2.45) is 0 Å². The maximum atomic E-state index is 13.3. The average molecular weight is 407 g/mol. The van der Waals surface area contributed by atoms with Gasteiger partial charge in [-0.05, 0) is 36.9 Å². The van der Waals surface area contributed by atoms with Crippen LogP contribution < -0.4 is 10.7 Å². The van der Waals surface area contributed by atoms with Crippen LogP contribution in [0.2, 0.25) is 0 Å². The quantitative estimate of drug-likeness (QED) is 0.703. The molecule has 0 atom stereocenters. The van der Waals surface area contributed by atoms with Crippen LogP contribution in [-0.4, -0.2) is 22.2 Å². The third kappa shape index (κ3) is 4.30. The molecular formula is C19H16F3N3O2S. The van der Waals surface area contributed by atoms with Crippen LogP contribution in [0, 0.1) is 6.92 Å². The molecule has 3 aromatic rings. The number of aryl methyl sites for hydroxylation is 1. The second-order valence-electron chi connectivity index (χ2n) is 6.01. The number of amides is 1. The van der Waals surface area contributed by atoms with Gasteiger partial charge in [0.1, 0.15) is 0 Å². The molecule has 146 valence electrons. The van der Waals surface area contributed by atoms with Crippen molar-refractivity contribution in [1.29, 1.82) is 0 Å². The fourth-order valence-corrected chi connectivity index (χ4v) is 3.39. The number of para-hydroxylation sites is 1. The summed E-state index contributed by atoms with van der Waals surface area (Å²) in [5, 5.41) is 8.43. The monoisotopic (exact) mass is 407 g/mol. The summed E-state index contributed by atoms with van der Waals surface area (Å²) in [6, 6.07) is 9.78. The number of benzene rings is 1. The highest BCUT2D eigenvalue weighted by molar-refractivity contribution is 7.09. The van der Waals surface area contributed by atoms with Gasteiger partial charge < -0.3 is 5.32 Å². The second-order valence-corrected chi connectivity index (χ2v) is 7.04. The molecule has 2 heterocycles. The Morgan fingerprint density at radius 3 is 2.64 bits per heavy atom. The van der Waals surface area contributed by atoms with Crippen LogP contribution in [0.15, 0.2) is 52.6 Å². The zero-order valence-electron chi connectivity index (χ0n) is 14.8. The number of rotatable bonds is 5. The van der Waals surface area contributed by atoms with Crippen molar-refractivity contribution < 1.29 is 18.0 Å². The van der Waals surface area contributed by atoms with E-state index in [0.717, 1.165) is 21.7 Å². The number of halogens is 3. The number of carbonyl (C=O) groups is 1. The van der Waals surface area contributed by atoms with E-state index in [-0.39, 0.29) is 17.9 Å². The van der Waals surface area contributed by atoms with Gasteiger partial charge in [-0.15, -0.1) is 11.3 Å². The molecule has 0 aliphatic rings. The van der Waals surface area contributed by atoms with Crippen molar-refractivity contribution in [3.05, 3.63) is 79.9 Å². The molecule has 1 amide bonds. The summed E-state index contributed by atoms with van der Waals surface area (Å²) in [4.78, 5) is 25.6. The van der Waals surface area contributed by atoms with E-state index in [9.17, 15) is 22.8 Å². The van der Waals surface area contributed by atoms with Gasteiger partial charge in [0.25, 0.3) is 5.91 Å². The van der Waals surface area contributed by atoms with Crippen LogP contribution in [0.5, 0.6) is 0 Å². The van der Waals surface area contributed by atoms with Crippen molar-refractivity contribution in [3.8, 4) is 5.69 Å². The molecule has 0 fully saturated rings. The van der Waals surface area contributed by atoms with Gasteiger partial charge >= 0.3 is 6.18 Å². The van der Waals surface area contributed by atoms with E-state index < -0.39 is 28.8 Å². The van der Waals surface area contributed by atoms with Crippen LogP contribution in [0.4, 0.5) is 13.2 Å². The van der Waals surface area contributed by atoms with Crippen molar-refractivity contribution >= 4 is 17.2 Å². The molecular weight excluding hydrogens is 391 g/mol. The van der Waals surface area contributed by atoms with E-state index in [2.05, 4.69) is 10.4 Å². The Labute approximate surface area is 162 Å². The molecule has 28 heavy (non-hydrogen) atoms. The molecule has 2 aromatic heterocycles. The molecule has 0 unspecified atom stereocenters. The molecule has 0 radical (unpaired) electrons. The summed E-state index contributed by atoms with van der Waals surface area (Å²) in [5.74, 6) is -0.722. The third-order valence-corrected chi connectivity index (χ3v) is 4.93. The van der Waals surface area contributed by atoms with Gasteiger partial charge in [0.2, 0.25) is 5.43 Å². The lowest BCUT2D eigenvalue weighted by molar-refractivity contribution is -0.137. The van der Waals surface area contributed by atoms with E-state index in [0.29, 0.717) is 6.42 Å². The van der Waals surface area contributed by atoms with Crippen molar-refractivity contribution in [3.63, 3.8) is 0 Å². The summed E-state index contributed by atoms with van der Waals surface area (Å²) >= 11 is 1.54. The first-order valence-electron chi connectivity index (χ1n) is 8.35. The number of thiophene rings is 1. The number of hydrogen-bond acceptors (Lipinski definition) is 4. The zero-order chi connectivity index (χ0) is 20.3. The van der Waals surface area contributed by atoms with Crippen LogP contribution in [0.1, 0.15) is 26.6 Å². The van der Waals surface area contributed by atoms with Crippen LogP contribution in [-0.2, 0) is 12.6 Å². The predicted molar refractivity (Wildman–Crippen MR) is 99.9 cm³/mol. The molecule has 0 aliphatic heterocycles. The normalized spacial score (nSPS) is 11.4. The average Bonchev–Trinajstić information content (AvgIpc) is 3.14. The number of nitrogens with zero attached hydrogens (tertiary/aromatic N) is 2. The highest BCUT2D eigenvalue weighted by Crippen LogP contribution is 2.33. The summed E-state index contributed by atoms with van der Waals surface area (Å²) in [5.41, 5.74) is -2.06. The van der Waals surface area contributed by atoms with E-state index in [1.807, 2.05) is 17.5 Å². The molecule has 1 aromatic carbocycles. The molecule has 0 bridgehead atoms. The van der Waals surface area contributed by atoms with Crippen LogP contribution >= 0.6 is 11.3 Å². The Morgan fingerprint density at radius 1 is 1.21 bits per heavy atom. The van der Waals surface area contributed by atoms with E-state index in [1.165, 1.54) is 36.5 Å². The van der Waals surface area contributed by atoms with Gasteiger partial charge in [-0.25, -0.2) is 4.68 Å². The lowest BCUT2D eigenvalue weighted by Crippen LogP contribution is -2.33. The Hall–Kier alpha value is -2.94. The fourth-order valence-electron chi connectivity index (χ4n) is 2.68. The largest absolute Gasteiger partial charge is 0.418 e. The van der Waals surface area contributed by atoms with Gasteiger partial charge in [-0.3, -0.25) is 9.59 Å². The molecule has 0 saturated heterocycles. The molecule has 0 saturated carbocycles. The second kappa shape index (κ2) is 7.97. The summed E-state index contributed by atoms with van der Waals surface area (Å²) < 4.78 is 40.9. The lowest BCUT2D eigenvalue weighted by Gasteiger charge is -2.16. The van der Waals surface area contributed by atoms with E-state index in [1.54, 1.807) is 0 Å². The molecule has 0 aliphatic carbocycles. The molecule has 3 rings (SSSR count). The van der Waals surface area contributed by atoms with E-state index >= 15 is 0 Å². The Bertz CT molecular complexity index is 1040. The Kier molecular flexibility index (Phi) is 5.64. The predicted octanol–water partition coefficient (Wildman–Crippen LogP) is 3.59. The van der Waals surface area contributed by atoms with E-state index in [4.69, 9.17) is 0 Å². The highest BCUT2D eigenvalue weighted by Gasteiger charge is 2.34. The van der Waals surface area contributed by atoms with Crippen LogP contribution in [0.3, 0.4) is 0 Å². The summed E-state index contributed by atoms with van der Waals surface area (Å²) in [6.45, 7) is 1.74. The summed E-state index contributed by atoms with van der Waals surface area (Å²) in [7, 11) is 0. The first kappa shape index (κ1) is 19.8. The van der Waals surface area contributed by atoms with Crippen molar-refractivity contribution in [1.82, 2.24) is 15.1 Å². The SMILES string of the molecule is Cc1cc(=O)c(C(=O)NCCc2cccs2)nn1-c1ccccc1C(F)(F)F. The smallest absolute Gasteiger partial charge is 0.350 e. The minimum absolute atomic E-state index is 0.192. The number of alkyl halides is 3. The van der Waals surface area contributed by atoms with Gasteiger partial charge in [0, 0.05) is 23.2 Å². The first-order chi connectivity index (χ1) is 13.3. The van der Waals surface area contributed by atoms with Crippen molar-refractivity contribution in [2.45, 2.75) is 19.5 Å². The van der Waals surface area contributed by atoms with Gasteiger partial charge in [0.15, 0.2) is 5.69 Å². The molecule has 0 spiro atoms. The number of aromatic nitrogens is 2. The van der Waals surface area contributed by atoms with Gasteiger partial charge in [-0.1, -0.05) is 18.2 Å². The lowest BCUT2D eigenvalue weighted by atomic mass is 10.1. The number of hydrogen-bond donors (Lipinski definition) is 1. The minimum Gasteiger partial charge on any atom is -0.350 e. The Balaban J connectivity index is 1.91. The fraction of sp³-hybridized carbons (Fsp3) is 0.211. The zero-order valence-corrected chi connectivity index (χ0v) is 15.6. The summed E-state index contributed by atoms with van der Waals surface area (Å²) in [6.07, 6.45) is -4.02. The van der Waals surface area contributed by atoms with Gasteiger partial charge in [-0.2, -0.15) is 18.3 Å². The minimum atomic E-state index is -4.60.